The highest BCUT2D eigenvalue weighted by Crippen LogP contribution is 2.41. The van der Waals surface area contributed by atoms with Gasteiger partial charge in [-0.2, -0.15) is 0 Å². The lowest BCUT2D eigenvalue weighted by molar-refractivity contribution is -0.144. The van der Waals surface area contributed by atoms with Crippen LogP contribution in [0.3, 0.4) is 0 Å². The summed E-state index contributed by atoms with van der Waals surface area (Å²) in [5, 5.41) is 3.22. The van der Waals surface area contributed by atoms with E-state index in [0.29, 0.717) is 23.0 Å². The summed E-state index contributed by atoms with van der Waals surface area (Å²) >= 11 is 0. The third kappa shape index (κ3) is 3.47. The summed E-state index contributed by atoms with van der Waals surface area (Å²) in [6.07, 6.45) is 7.17. The van der Waals surface area contributed by atoms with Crippen LogP contribution in [0.2, 0.25) is 0 Å². The van der Waals surface area contributed by atoms with Gasteiger partial charge in [-0.3, -0.25) is 4.79 Å². The zero-order chi connectivity index (χ0) is 22.3. The van der Waals surface area contributed by atoms with E-state index >= 15 is 0 Å². The normalized spacial score (nSPS) is 16.6. The molecule has 1 amide bonds. The number of hydrogen-bond donors (Lipinski definition) is 1. The Kier molecular flexibility index (Phi) is 4.84. The fourth-order valence-corrected chi connectivity index (χ4v) is 4.14. The SMILES string of the molecule is C=CC(=O)N1CCC12CN(c1ccc3ncnc(Nc4cnc(OC(C)C)nc4)c3n1)C2. The largest absolute Gasteiger partial charge is 0.461 e. The number of carbonyl (C=O) groups excluding carboxylic acids is 1. The lowest BCUT2D eigenvalue weighted by atomic mass is 9.77. The molecular formula is C22H24N8O2. The minimum absolute atomic E-state index is 0.00443. The van der Waals surface area contributed by atoms with Crippen LogP contribution in [0.4, 0.5) is 17.3 Å². The molecule has 0 aliphatic carbocycles. The number of rotatable bonds is 6. The van der Waals surface area contributed by atoms with Gasteiger partial charge in [0.25, 0.3) is 0 Å². The van der Waals surface area contributed by atoms with Crippen LogP contribution in [0.25, 0.3) is 11.0 Å². The molecule has 3 aromatic heterocycles. The van der Waals surface area contributed by atoms with Crippen molar-refractivity contribution in [3.63, 3.8) is 0 Å². The maximum Gasteiger partial charge on any atom is 0.316 e. The highest BCUT2D eigenvalue weighted by atomic mass is 16.5. The average molecular weight is 432 g/mol. The topological polar surface area (TPSA) is 109 Å². The van der Waals surface area contributed by atoms with E-state index in [4.69, 9.17) is 9.72 Å². The maximum absolute atomic E-state index is 12.0. The molecule has 2 saturated heterocycles. The Morgan fingerprint density at radius 1 is 1.22 bits per heavy atom. The van der Waals surface area contributed by atoms with E-state index in [0.717, 1.165) is 37.4 Å². The quantitative estimate of drug-likeness (QED) is 0.587. The fourth-order valence-electron chi connectivity index (χ4n) is 4.14. The Morgan fingerprint density at radius 2 is 2.00 bits per heavy atom. The molecule has 5 heterocycles. The van der Waals surface area contributed by atoms with Crippen LogP contribution in [0.1, 0.15) is 20.3 Å². The number of fused-ring (bicyclic) bond motifs is 1. The van der Waals surface area contributed by atoms with E-state index in [2.05, 4.69) is 36.7 Å². The van der Waals surface area contributed by atoms with Gasteiger partial charge in [-0.25, -0.2) is 24.9 Å². The van der Waals surface area contributed by atoms with Gasteiger partial charge in [-0.1, -0.05) is 6.58 Å². The van der Waals surface area contributed by atoms with E-state index in [1.165, 1.54) is 12.4 Å². The molecule has 5 rings (SSSR count). The number of amides is 1. The summed E-state index contributed by atoms with van der Waals surface area (Å²) in [5.41, 5.74) is 1.97. The fraction of sp³-hybridized carbons (Fsp3) is 0.364. The van der Waals surface area contributed by atoms with Crippen molar-refractivity contribution in [3.05, 3.63) is 43.5 Å². The van der Waals surface area contributed by atoms with E-state index < -0.39 is 0 Å². The lowest BCUT2D eigenvalue weighted by Gasteiger charge is -2.62. The minimum atomic E-state index is -0.0900. The molecule has 2 aliphatic heterocycles. The smallest absolute Gasteiger partial charge is 0.316 e. The molecule has 0 aromatic carbocycles. The summed E-state index contributed by atoms with van der Waals surface area (Å²) in [4.78, 5) is 38.1. The molecule has 0 atom stereocenters. The van der Waals surface area contributed by atoms with Gasteiger partial charge in [-0.15, -0.1) is 0 Å². The first kappa shape index (κ1) is 20.1. The molecule has 10 nitrogen and oxygen atoms in total. The molecule has 1 N–H and O–H groups in total. The summed E-state index contributed by atoms with van der Waals surface area (Å²) in [6, 6.07) is 4.20. The first-order chi connectivity index (χ1) is 15.5. The van der Waals surface area contributed by atoms with Gasteiger partial charge in [0, 0.05) is 19.6 Å². The van der Waals surface area contributed by atoms with E-state index in [1.54, 1.807) is 12.4 Å². The molecule has 32 heavy (non-hydrogen) atoms. The van der Waals surface area contributed by atoms with Gasteiger partial charge >= 0.3 is 6.01 Å². The third-order valence-electron chi connectivity index (χ3n) is 5.81. The van der Waals surface area contributed by atoms with Gasteiger partial charge in [0.2, 0.25) is 5.91 Å². The Hall–Kier alpha value is -3.82. The molecule has 0 radical (unpaired) electrons. The predicted octanol–water partition coefficient (Wildman–Crippen LogP) is 2.32. The second-order valence-corrected chi connectivity index (χ2v) is 8.33. The van der Waals surface area contributed by atoms with E-state index in [-0.39, 0.29) is 17.6 Å². The third-order valence-corrected chi connectivity index (χ3v) is 5.81. The van der Waals surface area contributed by atoms with Gasteiger partial charge in [0.1, 0.15) is 17.7 Å². The Balaban J connectivity index is 1.35. The average Bonchev–Trinajstić information content (AvgIpc) is 2.73. The second kappa shape index (κ2) is 7.70. The zero-order valence-electron chi connectivity index (χ0n) is 18.0. The number of pyridine rings is 1. The molecule has 0 bridgehead atoms. The van der Waals surface area contributed by atoms with Crippen LogP contribution < -0.4 is 15.0 Å². The Labute approximate surface area is 185 Å². The number of aromatic nitrogens is 5. The van der Waals surface area contributed by atoms with Crippen LogP contribution >= 0.6 is 0 Å². The summed E-state index contributed by atoms with van der Waals surface area (Å²) in [6.45, 7) is 9.75. The number of anilines is 3. The van der Waals surface area contributed by atoms with Crippen LogP contribution in [0.5, 0.6) is 6.01 Å². The monoisotopic (exact) mass is 432 g/mol. The number of ether oxygens (including phenoxy) is 1. The zero-order valence-corrected chi connectivity index (χ0v) is 18.0. The number of likely N-dealkylation sites (tertiary alicyclic amines) is 1. The molecular weight excluding hydrogens is 408 g/mol. The first-order valence-corrected chi connectivity index (χ1v) is 10.5. The second-order valence-electron chi connectivity index (χ2n) is 8.33. The van der Waals surface area contributed by atoms with Crippen LogP contribution in [-0.2, 0) is 4.79 Å². The van der Waals surface area contributed by atoms with Crippen molar-refractivity contribution in [3.8, 4) is 6.01 Å². The van der Waals surface area contributed by atoms with Crippen LogP contribution in [-0.4, -0.2) is 67.0 Å². The molecule has 10 heteroatoms. The highest BCUT2D eigenvalue weighted by molar-refractivity contribution is 5.89. The maximum atomic E-state index is 12.0. The van der Waals surface area contributed by atoms with E-state index in [9.17, 15) is 4.79 Å². The van der Waals surface area contributed by atoms with Crippen LogP contribution in [0.15, 0.2) is 43.5 Å². The van der Waals surface area contributed by atoms with Crippen molar-refractivity contribution in [1.82, 2.24) is 29.8 Å². The van der Waals surface area contributed by atoms with Gasteiger partial charge in [0.05, 0.1) is 35.2 Å². The number of carbonyl (C=O) groups is 1. The van der Waals surface area contributed by atoms with Gasteiger partial charge < -0.3 is 19.9 Å². The number of hydrogen-bond acceptors (Lipinski definition) is 9. The minimum Gasteiger partial charge on any atom is -0.461 e. The lowest BCUT2D eigenvalue weighted by Crippen LogP contribution is -2.78. The van der Waals surface area contributed by atoms with E-state index in [1.807, 2.05) is 30.9 Å². The van der Waals surface area contributed by atoms with Crippen molar-refractivity contribution in [2.45, 2.75) is 31.9 Å². The molecule has 0 unspecified atom stereocenters. The molecule has 1 spiro atoms. The van der Waals surface area contributed by atoms with Crippen molar-refractivity contribution in [2.24, 2.45) is 0 Å². The molecule has 2 fully saturated rings. The highest BCUT2D eigenvalue weighted by Gasteiger charge is 2.55. The van der Waals surface area contributed by atoms with Gasteiger partial charge in [0.15, 0.2) is 5.82 Å². The Bertz CT molecular complexity index is 1170. The summed E-state index contributed by atoms with van der Waals surface area (Å²) in [7, 11) is 0. The number of nitrogens with one attached hydrogen (secondary N) is 1. The summed E-state index contributed by atoms with van der Waals surface area (Å²) in [5.74, 6) is 1.39. The van der Waals surface area contributed by atoms with Crippen molar-refractivity contribution >= 4 is 34.3 Å². The van der Waals surface area contributed by atoms with Crippen molar-refractivity contribution in [2.75, 3.05) is 29.9 Å². The molecule has 164 valence electrons. The molecule has 0 saturated carbocycles. The molecule has 3 aromatic rings. The first-order valence-electron chi connectivity index (χ1n) is 10.5. The van der Waals surface area contributed by atoms with Crippen molar-refractivity contribution < 1.29 is 9.53 Å². The standard InChI is InChI=1S/C22H24N8O2/c1-4-18(31)30-8-7-22(30)11-29(12-22)17-6-5-16-19(28-17)20(26-13-25-16)27-15-9-23-21(24-10-15)32-14(2)3/h4-6,9-10,13-14H,1,7-8,11-12H2,2-3H3,(H,25,26,27). The predicted molar refractivity (Wildman–Crippen MR) is 120 cm³/mol. The number of nitrogens with zero attached hydrogens (tertiary/aromatic N) is 7. The Morgan fingerprint density at radius 3 is 2.66 bits per heavy atom. The molecule has 2 aliphatic rings. The van der Waals surface area contributed by atoms with Crippen molar-refractivity contribution in [1.29, 1.82) is 0 Å². The van der Waals surface area contributed by atoms with Gasteiger partial charge in [-0.05, 0) is 38.5 Å². The van der Waals surface area contributed by atoms with Crippen LogP contribution in [0, 0.1) is 0 Å². The summed E-state index contributed by atoms with van der Waals surface area (Å²) < 4.78 is 5.49.